The third-order valence-electron chi connectivity index (χ3n) is 2.70. The average Bonchev–Trinajstić information content (AvgIpc) is 2.35. The molecule has 3 nitrogen and oxygen atoms in total. The average molecular weight is 352 g/mol. The summed E-state index contributed by atoms with van der Waals surface area (Å²) in [4.78, 5) is 11.0. The number of benzene rings is 1. The van der Waals surface area contributed by atoms with Crippen LogP contribution in [0, 0.1) is 0 Å². The zero-order valence-corrected chi connectivity index (χ0v) is 11.9. The fourth-order valence-electron chi connectivity index (χ4n) is 1.67. The van der Waals surface area contributed by atoms with Crippen molar-refractivity contribution in [1.82, 2.24) is 0 Å². The first-order valence-electron chi connectivity index (χ1n) is 5.57. The molecule has 0 amide bonds. The van der Waals surface area contributed by atoms with Crippen LogP contribution in [0.2, 0.25) is 0 Å². The fraction of sp³-hybridized carbons (Fsp3) is 0.417. The van der Waals surface area contributed by atoms with Gasteiger partial charge in [-0.2, -0.15) is 26.3 Å². The van der Waals surface area contributed by atoms with Gasteiger partial charge in [0.1, 0.15) is 0 Å². The molecular weight excluding hydrogens is 340 g/mol. The van der Waals surface area contributed by atoms with Crippen molar-refractivity contribution >= 4 is 18.4 Å². The van der Waals surface area contributed by atoms with E-state index >= 15 is 0 Å². The van der Waals surface area contributed by atoms with Crippen LogP contribution in [-0.4, -0.2) is 13.1 Å². The van der Waals surface area contributed by atoms with Crippen LogP contribution in [0.25, 0.3) is 0 Å². The maximum absolute atomic E-state index is 12.9. The Morgan fingerprint density at radius 1 is 1.18 bits per heavy atom. The number of halogens is 7. The molecule has 1 rings (SSSR count). The zero-order chi connectivity index (χ0) is 16.4. The van der Waals surface area contributed by atoms with Crippen LogP contribution < -0.4 is 5.73 Å². The number of esters is 1. The van der Waals surface area contributed by atoms with Gasteiger partial charge < -0.3 is 10.5 Å². The minimum Gasteiger partial charge on any atom is -0.469 e. The van der Waals surface area contributed by atoms with Crippen LogP contribution >= 0.6 is 12.4 Å². The molecule has 10 heteroatoms. The van der Waals surface area contributed by atoms with Gasteiger partial charge in [-0.05, 0) is 17.7 Å². The van der Waals surface area contributed by atoms with Crippen molar-refractivity contribution in [2.24, 2.45) is 5.73 Å². The van der Waals surface area contributed by atoms with Gasteiger partial charge in [0.2, 0.25) is 0 Å². The van der Waals surface area contributed by atoms with Crippen LogP contribution in [0.15, 0.2) is 18.2 Å². The monoisotopic (exact) mass is 351 g/mol. The van der Waals surface area contributed by atoms with Gasteiger partial charge in [0.25, 0.3) is 0 Å². The van der Waals surface area contributed by atoms with Crippen molar-refractivity contribution in [3.8, 4) is 0 Å². The van der Waals surface area contributed by atoms with Crippen molar-refractivity contribution in [2.45, 2.75) is 24.8 Å². The SMILES string of the molecule is COC(=O)C[C@@H](N)c1ccc(C(F)(F)F)cc1C(F)(F)F.Cl. The molecule has 0 spiro atoms. The molecule has 0 unspecified atom stereocenters. The predicted octanol–water partition coefficient (Wildman–Crippen LogP) is 3.71. The lowest BCUT2D eigenvalue weighted by atomic mass is 9.96. The molecule has 0 saturated heterocycles. The first-order chi connectivity index (χ1) is 9.46. The van der Waals surface area contributed by atoms with E-state index in [0.29, 0.717) is 12.1 Å². The Kier molecular flexibility index (Phi) is 6.70. The second-order valence-electron chi connectivity index (χ2n) is 4.18. The van der Waals surface area contributed by atoms with Gasteiger partial charge in [-0.15, -0.1) is 12.4 Å². The van der Waals surface area contributed by atoms with Crippen LogP contribution in [0.4, 0.5) is 26.3 Å². The van der Waals surface area contributed by atoms with E-state index in [0.717, 1.165) is 7.11 Å². The van der Waals surface area contributed by atoms with E-state index in [1.54, 1.807) is 0 Å². The highest BCUT2D eigenvalue weighted by atomic mass is 35.5. The molecule has 126 valence electrons. The molecule has 1 aromatic carbocycles. The predicted molar refractivity (Wildman–Crippen MR) is 67.3 cm³/mol. The maximum atomic E-state index is 12.9. The maximum Gasteiger partial charge on any atom is 0.416 e. The number of carbonyl (C=O) groups is 1. The Morgan fingerprint density at radius 2 is 1.73 bits per heavy atom. The molecule has 0 aliphatic rings. The summed E-state index contributed by atoms with van der Waals surface area (Å²) in [5.41, 5.74) is 1.89. The van der Waals surface area contributed by atoms with Crippen LogP contribution in [0.1, 0.15) is 29.2 Å². The summed E-state index contributed by atoms with van der Waals surface area (Å²) in [6.07, 6.45) is -10.5. The Morgan fingerprint density at radius 3 is 2.14 bits per heavy atom. The molecular formula is C12H12ClF6NO2. The van der Waals surface area contributed by atoms with E-state index in [4.69, 9.17) is 5.73 Å². The van der Waals surface area contributed by atoms with Gasteiger partial charge in [0.05, 0.1) is 24.7 Å². The smallest absolute Gasteiger partial charge is 0.416 e. The quantitative estimate of drug-likeness (QED) is 0.667. The lowest BCUT2D eigenvalue weighted by molar-refractivity contribution is -0.145. The second kappa shape index (κ2) is 7.19. The van der Waals surface area contributed by atoms with Gasteiger partial charge >= 0.3 is 18.3 Å². The largest absolute Gasteiger partial charge is 0.469 e. The number of nitrogens with two attached hydrogens (primary N) is 1. The Balaban J connectivity index is 0.00000441. The number of carbonyl (C=O) groups excluding carboxylic acids is 1. The number of ether oxygens (including phenoxy) is 1. The van der Waals surface area contributed by atoms with E-state index in [1.165, 1.54) is 0 Å². The molecule has 0 aromatic heterocycles. The molecule has 0 heterocycles. The Hall–Kier alpha value is -1.48. The normalized spacial score (nSPS) is 13.3. The van der Waals surface area contributed by atoms with Crippen molar-refractivity contribution in [3.05, 3.63) is 34.9 Å². The van der Waals surface area contributed by atoms with E-state index in [2.05, 4.69) is 4.74 Å². The lowest BCUT2D eigenvalue weighted by Crippen LogP contribution is -2.22. The van der Waals surface area contributed by atoms with Gasteiger partial charge in [0.15, 0.2) is 0 Å². The number of hydrogen-bond acceptors (Lipinski definition) is 3. The minimum absolute atomic E-state index is 0. The number of methoxy groups -OCH3 is 1. The zero-order valence-electron chi connectivity index (χ0n) is 11.1. The highest BCUT2D eigenvalue weighted by Crippen LogP contribution is 2.39. The van der Waals surface area contributed by atoms with E-state index < -0.39 is 47.5 Å². The van der Waals surface area contributed by atoms with E-state index in [-0.39, 0.29) is 18.5 Å². The first kappa shape index (κ1) is 20.5. The number of alkyl halides is 6. The first-order valence-corrected chi connectivity index (χ1v) is 5.57. The molecule has 0 saturated carbocycles. The summed E-state index contributed by atoms with van der Waals surface area (Å²) < 4.78 is 80.3. The summed E-state index contributed by atoms with van der Waals surface area (Å²) in [6, 6.07) is -0.329. The topological polar surface area (TPSA) is 52.3 Å². The third kappa shape index (κ3) is 5.06. The van der Waals surface area contributed by atoms with Gasteiger partial charge in [-0.25, -0.2) is 0 Å². The van der Waals surface area contributed by atoms with Crippen LogP contribution in [0.3, 0.4) is 0 Å². The van der Waals surface area contributed by atoms with Gasteiger partial charge in [0, 0.05) is 6.04 Å². The van der Waals surface area contributed by atoms with Gasteiger partial charge in [-0.1, -0.05) is 6.07 Å². The van der Waals surface area contributed by atoms with Crippen molar-refractivity contribution in [1.29, 1.82) is 0 Å². The molecule has 0 radical (unpaired) electrons. The van der Waals surface area contributed by atoms with E-state index in [9.17, 15) is 31.1 Å². The second-order valence-corrected chi connectivity index (χ2v) is 4.18. The summed E-state index contributed by atoms with van der Waals surface area (Å²) >= 11 is 0. The van der Waals surface area contributed by atoms with Crippen LogP contribution in [0.5, 0.6) is 0 Å². The van der Waals surface area contributed by atoms with Gasteiger partial charge in [-0.3, -0.25) is 4.79 Å². The summed E-state index contributed by atoms with van der Waals surface area (Å²) in [7, 11) is 1.02. The minimum atomic E-state index is -5.02. The molecule has 0 fully saturated rings. The fourth-order valence-corrected chi connectivity index (χ4v) is 1.67. The molecule has 22 heavy (non-hydrogen) atoms. The molecule has 0 aliphatic carbocycles. The molecule has 2 N–H and O–H groups in total. The van der Waals surface area contributed by atoms with Crippen molar-refractivity contribution < 1.29 is 35.9 Å². The van der Waals surface area contributed by atoms with Crippen molar-refractivity contribution in [3.63, 3.8) is 0 Å². The summed E-state index contributed by atoms with van der Waals surface area (Å²) in [5.74, 6) is -0.865. The lowest BCUT2D eigenvalue weighted by Gasteiger charge is -2.19. The third-order valence-corrected chi connectivity index (χ3v) is 2.70. The Bertz CT molecular complexity index is 529. The standard InChI is InChI=1S/C12H11F6NO2.ClH/c1-21-10(20)5-9(19)7-3-2-6(11(13,14)15)4-8(7)12(16,17)18;/h2-4,9H,5,19H2,1H3;1H/t9-;/m1./s1. The molecule has 1 atom stereocenters. The Labute approximate surface area is 127 Å². The van der Waals surface area contributed by atoms with E-state index in [1.807, 2.05) is 0 Å². The summed E-state index contributed by atoms with van der Waals surface area (Å²) in [6.45, 7) is 0. The number of hydrogen-bond donors (Lipinski definition) is 1. The van der Waals surface area contributed by atoms with Crippen LogP contribution in [-0.2, 0) is 21.9 Å². The highest BCUT2D eigenvalue weighted by Gasteiger charge is 2.39. The summed E-state index contributed by atoms with van der Waals surface area (Å²) in [5, 5.41) is 0. The molecule has 0 aliphatic heterocycles. The van der Waals surface area contributed by atoms with Crippen molar-refractivity contribution in [2.75, 3.05) is 7.11 Å². The molecule has 1 aromatic rings. The molecule has 0 bridgehead atoms. The highest BCUT2D eigenvalue weighted by molar-refractivity contribution is 5.85. The number of rotatable bonds is 3.